The van der Waals surface area contributed by atoms with Gasteiger partial charge in [0.2, 0.25) is 0 Å². The van der Waals surface area contributed by atoms with Crippen molar-refractivity contribution in [1.82, 2.24) is 4.57 Å². The average Bonchev–Trinajstić information content (AvgIpc) is 2.78. The molecule has 0 radical (unpaired) electrons. The number of aromatic nitrogens is 1. The van der Waals surface area contributed by atoms with E-state index in [4.69, 9.17) is 11.0 Å². The standard InChI is InChI=1S/C13H19N3/c14-8-7-11-3-5-12(6-4-11)16-9-1-2-13(16)10-15/h1-2,9,11-12H,3-8,14H2. The van der Waals surface area contributed by atoms with Gasteiger partial charge in [-0.3, -0.25) is 0 Å². The molecule has 1 aromatic rings. The molecule has 2 N–H and O–H groups in total. The maximum Gasteiger partial charge on any atom is 0.120 e. The minimum atomic E-state index is 0.527. The molecule has 0 aliphatic heterocycles. The monoisotopic (exact) mass is 217 g/mol. The molecule has 0 unspecified atom stereocenters. The first-order valence-electron chi connectivity index (χ1n) is 6.12. The second kappa shape index (κ2) is 5.18. The van der Waals surface area contributed by atoms with Crippen LogP contribution >= 0.6 is 0 Å². The van der Waals surface area contributed by atoms with Crippen LogP contribution in [0.25, 0.3) is 0 Å². The highest BCUT2D eigenvalue weighted by atomic mass is 15.0. The maximum atomic E-state index is 8.99. The molecular formula is C13H19N3. The fraction of sp³-hybridized carbons (Fsp3) is 0.615. The first kappa shape index (κ1) is 11.2. The minimum Gasteiger partial charge on any atom is -0.336 e. The van der Waals surface area contributed by atoms with Crippen LogP contribution in [0.3, 0.4) is 0 Å². The zero-order valence-corrected chi connectivity index (χ0v) is 9.60. The van der Waals surface area contributed by atoms with Gasteiger partial charge in [0, 0.05) is 12.2 Å². The van der Waals surface area contributed by atoms with Crippen LogP contribution in [0.4, 0.5) is 0 Å². The molecule has 1 aliphatic rings. The Morgan fingerprint density at radius 1 is 1.38 bits per heavy atom. The van der Waals surface area contributed by atoms with E-state index in [1.807, 2.05) is 18.3 Å². The lowest BCUT2D eigenvalue weighted by molar-refractivity contribution is 0.265. The summed E-state index contributed by atoms with van der Waals surface area (Å²) in [5, 5.41) is 8.99. The van der Waals surface area contributed by atoms with E-state index in [2.05, 4.69) is 10.6 Å². The molecule has 1 heterocycles. The largest absolute Gasteiger partial charge is 0.336 e. The van der Waals surface area contributed by atoms with Crippen LogP contribution in [0.15, 0.2) is 18.3 Å². The van der Waals surface area contributed by atoms with E-state index >= 15 is 0 Å². The molecule has 3 nitrogen and oxygen atoms in total. The van der Waals surface area contributed by atoms with Gasteiger partial charge in [0.1, 0.15) is 11.8 Å². The van der Waals surface area contributed by atoms with E-state index in [9.17, 15) is 0 Å². The number of hydrogen-bond acceptors (Lipinski definition) is 2. The third-order valence-corrected chi connectivity index (χ3v) is 3.68. The Morgan fingerprint density at radius 2 is 2.12 bits per heavy atom. The Bertz CT molecular complexity index is 367. The van der Waals surface area contributed by atoms with E-state index < -0.39 is 0 Å². The molecule has 0 bridgehead atoms. The van der Waals surface area contributed by atoms with Gasteiger partial charge in [-0.05, 0) is 56.7 Å². The first-order chi connectivity index (χ1) is 7.85. The zero-order chi connectivity index (χ0) is 11.4. The number of nitriles is 1. The van der Waals surface area contributed by atoms with Crippen LogP contribution in [0.1, 0.15) is 43.8 Å². The van der Waals surface area contributed by atoms with Crippen LogP contribution in [0, 0.1) is 17.2 Å². The lowest BCUT2D eigenvalue weighted by atomic mass is 9.84. The van der Waals surface area contributed by atoms with Crippen molar-refractivity contribution in [2.75, 3.05) is 6.54 Å². The van der Waals surface area contributed by atoms with Crippen LogP contribution in [-0.4, -0.2) is 11.1 Å². The summed E-state index contributed by atoms with van der Waals surface area (Å²) >= 11 is 0. The molecule has 86 valence electrons. The topological polar surface area (TPSA) is 54.7 Å². The summed E-state index contributed by atoms with van der Waals surface area (Å²) in [4.78, 5) is 0. The number of rotatable bonds is 3. The van der Waals surface area contributed by atoms with E-state index in [0.717, 1.165) is 24.6 Å². The van der Waals surface area contributed by atoms with Gasteiger partial charge in [0.25, 0.3) is 0 Å². The minimum absolute atomic E-state index is 0.527. The first-order valence-corrected chi connectivity index (χ1v) is 6.12. The highest BCUT2D eigenvalue weighted by Gasteiger charge is 2.22. The summed E-state index contributed by atoms with van der Waals surface area (Å²) in [5.41, 5.74) is 6.38. The highest BCUT2D eigenvalue weighted by molar-refractivity contribution is 5.22. The summed E-state index contributed by atoms with van der Waals surface area (Å²) in [6.45, 7) is 0.808. The van der Waals surface area contributed by atoms with Crippen LogP contribution in [-0.2, 0) is 0 Å². The Hall–Kier alpha value is -1.27. The summed E-state index contributed by atoms with van der Waals surface area (Å²) in [7, 11) is 0. The summed E-state index contributed by atoms with van der Waals surface area (Å²) in [6.07, 6.45) is 8.08. The van der Waals surface area contributed by atoms with E-state index in [1.54, 1.807) is 0 Å². The van der Waals surface area contributed by atoms with Crippen molar-refractivity contribution in [2.24, 2.45) is 11.7 Å². The Morgan fingerprint density at radius 3 is 2.75 bits per heavy atom. The van der Waals surface area contributed by atoms with Gasteiger partial charge in [0.05, 0.1) is 0 Å². The van der Waals surface area contributed by atoms with Crippen molar-refractivity contribution < 1.29 is 0 Å². The molecule has 1 fully saturated rings. The smallest absolute Gasteiger partial charge is 0.120 e. The molecule has 3 heteroatoms. The quantitative estimate of drug-likeness (QED) is 0.845. The van der Waals surface area contributed by atoms with Gasteiger partial charge in [-0.25, -0.2) is 0 Å². The van der Waals surface area contributed by atoms with Crippen molar-refractivity contribution in [3.8, 4) is 6.07 Å². The van der Waals surface area contributed by atoms with Crippen LogP contribution in [0.2, 0.25) is 0 Å². The second-order valence-corrected chi connectivity index (χ2v) is 4.66. The predicted octanol–water partition coefficient (Wildman–Crippen LogP) is 2.44. The normalized spacial score (nSPS) is 25.2. The van der Waals surface area contributed by atoms with Crippen LogP contribution < -0.4 is 5.73 Å². The van der Waals surface area contributed by atoms with E-state index in [-0.39, 0.29) is 0 Å². The molecule has 1 aromatic heterocycles. The molecule has 0 saturated heterocycles. The van der Waals surface area contributed by atoms with Crippen LogP contribution in [0.5, 0.6) is 0 Å². The van der Waals surface area contributed by atoms with Crippen molar-refractivity contribution in [3.63, 3.8) is 0 Å². The summed E-state index contributed by atoms with van der Waals surface area (Å²) < 4.78 is 2.14. The van der Waals surface area contributed by atoms with Gasteiger partial charge in [-0.1, -0.05) is 0 Å². The Balaban J connectivity index is 1.97. The molecule has 0 amide bonds. The van der Waals surface area contributed by atoms with Gasteiger partial charge < -0.3 is 10.3 Å². The lowest BCUT2D eigenvalue weighted by Crippen LogP contribution is -2.20. The maximum absolute atomic E-state index is 8.99. The van der Waals surface area contributed by atoms with Gasteiger partial charge >= 0.3 is 0 Å². The molecule has 0 aromatic carbocycles. The van der Waals surface area contributed by atoms with Crippen molar-refractivity contribution in [2.45, 2.75) is 38.1 Å². The lowest BCUT2D eigenvalue weighted by Gasteiger charge is -2.29. The van der Waals surface area contributed by atoms with Crippen molar-refractivity contribution in [1.29, 1.82) is 5.26 Å². The molecule has 16 heavy (non-hydrogen) atoms. The van der Waals surface area contributed by atoms with Gasteiger partial charge in [-0.15, -0.1) is 0 Å². The predicted molar refractivity (Wildman–Crippen MR) is 63.8 cm³/mol. The van der Waals surface area contributed by atoms with E-state index in [0.29, 0.717) is 6.04 Å². The number of nitrogens with two attached hydrogens (primary N) is 1. The number of nitrogens with zero attached hydrogens (tertiary/aromatic N) is 2. The number of hydrogen-bond donors (Lipinski definition) is 1. The summed E-state index contributed by atoms with van der Waals surface area (Å²) in [6, 6.07) is 6.64. The molecule has 0 atom stereocenters. The Labute approximate surface area is 96.9 Å². The van der Waals surface area contributed by atoms with Crippen molar-refractivity contribution in [3.05, 3.63) is 24.0 Å². The van der Waals surface area contributed by atoms with Gasteiger partial charge in [-0.2, -0.15) is 5.26 Å². The molecule has 1 saturated carbocycles. The van der Waals surface area contributed by atoms with Crippen molar-refractivity contribution >= 4 is 0 Å². The third-order valence-electron chi connectivity index (χ3n) is 3.68. The Kier molecular flexibility index (Phi) is 3.63. The molecule has 2 rings (SSSR count). The summed E-state index contributed by atoms with van der Waals surface area (Å²) in [5.74, 6) is 0.808. The molecular weight excluding hydrogens is 198 g/mol. The zero-order valence-electron chi connectivity index (χ0n) is 9.60. The van der Waals surface area contributed by atoms with Gasteiger partial charge in [0.15, 0.2) is 0 Å². The second-order valence-electron chi connectivity index (χ2n) is 4.66. The molecule has 1 aliphatic carbocycles. The highest BCUT2D eigenvalue weighted by Crippen LogP contribution is 2.34. The van der Waals surface area contributed by atoms with E-state index in [1.165, 1.54) is 25.7 Å². The molecule has 0 spiro atoms. The average molecular weight is 217 g/mol. The third kappa shape index (κ3) is 2.28. The fourth-order valence-corrected chi connectivity index (χ4v) is 2.75. The SMILES string of the molecule is N#Cc1cccn1C1CCC(CCN)CC1. The fourth-order valence-electron chi connectivity index (χ4n) is 2.75.